The molecule has 0 aromatic carbocycles. The molecule has 1 amide bonds. The van der Waals surface area contributed by atoms with Crippen LogP contribution in [0.3, 0.4) is 0 Å². The first-order chi connectivity index (χ1) is 7.22. The minimum absolute atomic E-state index is 0.101. The predicted molar refractivity (Wildman–Crippen MR) is 71.8 cm³/mol. The maximum atomic E-state index is 12.5. The minimum Gasteiger partial charge on any atom is -0.340 e. The first-order valence-electron chi connectivity index (χ1n) is 6.06. The summed E-state index contributed by atoms with van der Waals surface area (Å²) in [5, 5.41) is 0.815. The number of carbonyl (C=O) groups is 1. The number of amides is 1. The van der Waals surface area contributed by atoms with Crippen LogP contribution in [0, 0.1) is 11.3 Å². The Hall–Kier alpha value is -0.0500. The van der Waals surface area contributed by atoms with Crippen molar-refractivity contribution in [2.45, 2.75) is 52.5 Å². The summed E-state index contributed by atoms with van der Waals surface area (Å²) in [4.78, 5) is 14.4. The van der Waals surface area contributed by atoms with E-state index in [1.807, 2.05) is 11.9 Å². The van der Waals surface area contributed by atoms with Gasteiger partial charge in [0.1, 0.15) is 0 Å². The highest BCUT2D eigenvalue weighted by molar-refractivity contribution is 9.09. The monoisotopic (exact) mass is 289 g/mol. The van der Waals surface area contributed by atoms with E-state index in [-0.39, 0.29) is 16.9 Å². The molecule has 16 heavy (non-hydrogen) atoms. The van der Waals surface area contributed by atoms with Crippen molar-refractivity contribution >= 4 is 21.8 Å². The maximum absolute atomic E-state index is 12.5. The topological polar surface area (TPSA) is 20.3 Å². The molecule has 0 radical (unpaired) electrons. The number of nitrogens with zero attached hydrogens (tertiary/aromatic N) is 1. The second kappa shape index (κ2) is 4.67. The van der Waals surface area contributed by atoms with E-state index < -0.39 is 0 Å². The largest absolute Gasteiger partial charge is 0.340 e. The average molecular weight is 290 g/mol. The van der Waals surface area contributed by atoms with Crippen molar-refractivity contribution < 1.29 is 4.79 Å². The molecule has 0 N–H and O–H groups in total. The lowest BCUT2D eigenvalue weighted by atomic mass is 9.80. The van der Waals surface area contributed by atoms with Gasteiger partial charge in [0, 0.05) is 23.8 Å². The Morgan fingerprint density at radius 3 is 2.44 bits per heavy atom. The third kappa shape index (κ3) is 2.61. The van der Waals surface area contributed by atoms with Crippen molar-refractivity contribution in [3.05, 3.63) is 0 Å². The number of halogens is 1. The van der Waals surface area contributed by atoms with Gasteiger partial charge in [-0.25, -0.2) is 0 Å². The molecule has 1 fully saturated rings. The van der Waals surface area contributed by atoms with Gasteiger partial charge >= 0.3 is 0 Å². The first kappa shape index (κ1) is 14.0. The van der Waals surface area contributed by atoms with Crippen molar-refractivity contribution in [2.75, 3.05) is 12.4 Å². The molecule has 1 unspecified atom stereocenters. The molecule has 0 bridgehead atoms. The Balaban J connectivity index is 2.79. The molecular weight excluding hydrogens is 266 g/mol. The van der Waals surface area contributed by atoms with Crippen LogP contribution in [-0.2, 0) is 4.79 Å². The van der Waals surface area contributed by atoms with E-state index in [1.165, 1.54) is 12.8 Å². The van der Waals surface area contributed by atoms with Gasteiger partial charge in [0.05, 0.1) is 0 Å². The van der Waals surface area contributed by atoms with E-state index in [0.29, 0.717) is 5.91 Å². The van der Waals surface area contributed by atoms with Gasteiger partial charge in [-0.1, -0.05) is 36.2 Å². The lowest BCUT2D eigenvalue weighted by Crippen LogP contribution is -2.50. The second-order valence-electron chi connectivity index (χ2n) is 6.28. The number of carbonyl (C=O) groups excluding carboxylic acids is 1. The summed E-state index contributed by atoms with van der Waals surface area (Å²) in [5.41, 5.74) is 0.0729. The highest BCUT2D eigenvalue weighted by Gasteiger charge is 2.42. The number of rotatable bonds is 3. The van der Waals surface area contributed by atoms with Gasteiger partial charge in [0.2, 0.25) is 5.91 Å². The summed E-state index contributed by atoms with van der Waals surface area (Å²) in [6.45, 7) is 8.64. The number of hydrogen-bond donors (Lipinski definition) is 0. The third-order valence-corrected chi connectivity index (χ3v) is 5.49. The SMILES string of the molecule is CN(C(=O)C1CCCC1(C)C)C(C)(C)CBr. The standard InChI is InChI=1S/C13H24BrNO/c1-12(2)8-6-7-10(12)11(16)15(5)13(3,4)9-14/h10H,6-9H2,1-5H3. The van der Waals surface area contributed by atoms with Crippen LogP contribution in [0.1, 0.15) is 47.0 Å². The van der Waals surface area contributed by atoms with Crippen molar-refractivity contribution in [1.29, 1.82) is 0 Å². The van der Waals surface area contributed by atoms with Crippen LogP contribution in [0.5, 0.6) is 0 Å². The highest BCUT2D eigenvalue weighted by atomic mass is 79.9. The maximum Gasteiger partial charge on any atom is 0.226 e. The van der Waals surface area contributed by atoms with Crippen LogP contribution in [0.4, 0.5) is 0 Å². The summed E-state index contributed by atoms with van der Waals surface area (Å²) >= 11 is 3.48. The Bertz CT molecular complexity index is 273. The van der Waals surface area contributed by atoms with Crippen LogP contribution in [0.2, 0.25) is 0 Å². The van der Waals surface area contributed by atoms with Gasteiger partial charge in [0.25, 0.3) is 0 Å². The zero-order valence-electron chi connectivity index (χ0n) is 11.1. The van der Waals surface area contributed by atoms with Gasteiger partial charge in [0.15, 0.2) is 0 Å². The van der Waals surface area contributed by atoms with E-state index in [4.69, 9.17) is 0 Å². The zero-order chi connectivity index (χ0) is 12.6. The Morgan fingerprint density at radius 1 is 1.50 bits per heavy atom. The summed E-state index contributed by atoms with van der Waals surface area (Å²) in [7, 11) is 1.93. The van der Waals surface area contributed by atoms with Gasteiger partial charge in [-0.05, 0) is 32.1 Å². The molecule has 0 heterocycles. The summed E-state index contributed by atoms with van der Waals surface area (Å²) in [6, 6.07) is 0. The second-order valence-corrected chi connectivity index (χ2v) is 6.84. The van der Waals surface area contributed by atoms with Crippen LogP contribution in [0.25, 0.3) is 0 Å². The Morgan fingerprint density at radius 2 is 2.06 bits per heavy atom. The van der Waals surface area contributed by atoms with Crippen molar-refractivity contribution in [3.63, 3.8) is 0 Å². The average Bonchev–Trinajstić information content (AvgIpc) is 2.55. The molecule has 94 valence electrons. The Kier molecular flexibility index (Phi) is 4.09. The number of hydrogen-bond acceptors (Lipinski definition) is 1. The van der Waals surface area contributed by atoms with E-state index in [1.54, 1.807) is 0 Å². The van der Waals surface area contributed by atoms with E-state index in [0.717, 1.165) is 11.8 Å². The molecule has 0 saturated heterocycles. The molecule has 3 heteroatoms. The quantitative estimate of drug-likeness (QED) is 0.729. The summed E-state index contributed by atoms with van der Waals surface area (Å²) in [6.07, 6.45) is 3.41. The van der Waals surface area contributed by atoms with E-state index in [2.05, 4.69) is 43.6 Å². The molecule has 1 aliphatic carbocycles. The normalized spacial score (nSPS) is 24.5. The number of alkyl halides is 1. The van der Waals surface area contributed by atoms with Crippen LogP contribution in [0.15, 0.2) is 0 Å². The van der Waals surface area contributed by atoms with Gasteiger partial charge in [-0.15, -0.1) is 0 Å². The third-order valence-electron chi connectivity index (χ3n) is 4.12. The van der Waals surface area contributed by atoms with E-state index in [9.17, 15) is 4.79 Å². The predicted octanol–water partition coefficient (Wildman–Crippen LogP) is 3.44. The van der Waals surface area contributed by atoms with Gasteiger partial charge in [-0.2, -0.15) is 0 Å². The van der Waals surface area contributed by atoms with Crippen molar-refractivity contribution in [2.24, 2.45) is 11.3 Å². The van der Waals surface area contributed by atoms with Crippen LogP contribution < -0.4 is 0 Å². The molecule has 1 atom stereocenters. The first-order valence-corrected chi connectivity index (χ1v) is 7.18. The van der Waals surface area contributed by atoms with Gasteiger partial charge in [-0.3, -0.25) is 4.79 Å². The lowest BCUT2D eigenvalue weighted by Gasteiger charge is -2.38. The summed E-state index contributed by atoms with van der Waals surface area (Å²) < 4.78 is 0. The molecule has 1 rings (SSSR count). The van der Waals surface area contributed by atoms with Crippen molar-refractivity contribution in [1.82, 2.24) is 4.90 Å². The fourth-order valence-electron chi connectivity index (χ4n) is 2.41. The molecule has 1 saturated carbocycles. The molecule has 0 aromatic heterocycles. The van der Waals surface area contributed by atoms with Crippen LogP contribution >= 0.6 is 15.9 Å². The fraction of sp³-hybridized carbons (Fsp3) is 0.923. The minimum atomic E-state index is -0.101. The summed E-state index contributed by atoms with van der Waals surface area (Å²) in [5.74, 6) is 0.516. The molecule has 0 aromatic rings. The lowest BCUT2D eigenvalue weighted by molar-refractivity contribution is -0.141. The molecule has 1 aliphatic rings. The molecular formula is C13H24BrNO. The molecule has 2 nitrogen and oxygen atoms in total. The molecule has 0 spiro atoms. The molecule has 0 aliphatic heterocycles. The van der Waals surface area contributed by atoms with E-state index >= 15 is 0 Å². The zero-order valence-corrected chi connectivity index (χ0v) is 12.7. The highest BCUT2D eigenvalue weighted by Crippen LogP contribution is 2.43. The Labute approximate surface area is 108 Å². The van der Waals surface area contributed by atoms with Gasteiger partial charge < -0.3 is 4.90 Å². The smallest absolute Gasteiger partial charge is 0.226 e. The van der Waals surface area contributed by atoms with Crippen molar-refractivity contribution in [3.8, 4) is 0 Å². The van der Waals surface area contributed by atoms with Crippen LogP contribution in [-0.4, -0.2) is 28.7 Å². The fourth-order valence-corrected chi connectivity index (χ4v) is 2.78.